The Kier molecular flexibility index (Phi) is 6.84. The van der Waals surface area contributed by atoms with Crippen LogP contribution in [0.15, 0.2) is 23.1 Å². The van der Waals surface area contributed by atoms with Gasteiger partial charge < -0.3 is 9.47 Å². The molecule has 1 aromatic carbocycles. The molecule has 20 heavy (non-hydrogen) atoms. The Hall–Kier alpha value is -0.730. The van der Waals surface area contributed by atoms with Gasteiger partial charge in [0.15, 0.2) is 0 Å². The van der Waals surface area contributed by atoms with Crippen LogP contribution in [0.3, 0.4) is 0 Å². The zero-order valence-electron chi connectivity index (χ0n) is 11.2. The summed E-state index contributed by atoms with van der Waals surface area (Å²) in [5.74, 6) is -0.665. The third kappa shape index (κ3) is 4.68. The summed E-state index contributed by atoms with van der Waals surface area (Å²) in [5, 5.41) is 0. The van der Waals surface area contributed by atoms with Crippen molar-refractivity contribution in [2.75, 3.05) is 27.4 Å². The molecule has 114 valence electrons. The second kappa shape index (κ2) is 7.90. The van der Waals surface area contributed by atoms with E-state index in [4.69, 9.17) is 21.1 Å². The third-order valence-electron chi connectivity index (χ3n) is 2.65. The number of ether oxygens (including phenoxy) is 2. The molecule has 0 heterocycles. The second-order valence-electron chi connectivity index (χ2n) is 4.05. The summed E-state index contributed by atoms with van der Waals surface area (Å²) < 4.78 is 49.8. The van der Waals surface area contributed by atoms with Gasteiger partial charge in [-0.3, -0.25) is 0 Å². The molecule has 1 N–H and O–H groups in total. The number of benzene rings is 1. The van der Waals surface area contributed by atoms with Gasteiger partial charge in [-0.1, -0.05) is 6.07 Å². The fraction of sp³-hybridized carbons (Fsp3) is 0.500. The molecule has 0 aliphatic carbocycles. The first-order chi connectivity index (χ1) is 9.44. The van der Waals surface area contributed by atoms with Crippen LogP contribution in [0.4, 0.5) is 4.39 Å². The van der Waals surface area contributed by atoms with Gasteiger partial charge in [-0.2, -0.15) is 0 Å². The summed E-state index contributed by atoms with van der Waals surface area (Å²) >= 11 is 5.67. The quantitative estimate of drug-likeness (QED) is 0.736. The number of alkyl halides is 1. The van der Waals surface area contributed by atoms with Gasteiger partial charge in [-0.05, 0) is 17.7 Å². The molecule has 0 amide bonds. The minimum atomic E-state index is -3.86. The van der Waals surface area contributed by atoms with Crippen molar-refractivity contribution in [3.8, 4) is 0 Å². The lowest BCUT2D eigenvalue weighted by Gasteiger charge is -2.16. The van der Waals surface area contributed by atoms with Gasteiger partial charge >= 0.3 is 0 Å². The van der Waals surface area contributed by atoms with Gasteiger partial charge in [0.1, 0.15) is 5.82 Å². The lowest BCUT2D eigenvalue weighted by Crippen LogP contribution is -2.36. The molecule has 1 unspecified atom stereocenters. The molecule has 8 heteroatoms. The van der Waals surface area contributed by atoms with E-state index in [2.05, 4.69) is 4.72 Å². The van der Waals surface area contributed by atoms with Gasteiger partial charge in [0, 0.05) is 26.6 Å². The van der Waals surface area contributed by atoms with Crippen molar-refractivity contribution in [2.24, 2.45) is 0 Å². The average molecular weight is 326 g/mol. The Balaban J connectivity index is 2.91. The van der Waals surface area contributed by atoms with Crippen molar-refractivity contribution in [3.63, 3.8) is 0 Å². The maximum atomic E-state index is 13.2. The van der Waals surface area contributed by atoms with Crippen molar-refractivity contribution < 1.29 is 22.3 Å². The van der Waals surface area contributed by atoms with E-state index in [0.29, 0.717) is 5.56 Å². The zero-order valence-corrected chi connectivity index (χ0v) is 12.8. The third-order valence-corrected chi connectivity index (χ3v) is 4.44. The van der Waals surface area contributed by atoms with Gasteiger partial charge in [-0.25, -0.2) is 17.5 Å². The van der Waals surface area contributed by atoms with E-state index in [0.717, 1.165) is 6.07 Å². The minimum Gasteiger partial charge on any atom is -0.382 e. The van der Waals surface area contributed by atoms with Crippen molar-refractivity contribution >= 4 is 21.6 Å². The number of sulfonamides is 1. The van der Waals surface area contributed by atoms with Crippen LogP contribution >= 0.6 is 11.6 Å². The zero-order chi connectivity index (χ0) is 15.2. The molecule has 0 saturated heterocycles. The van der Waals surface area contributed by atoms with Crippen LogP contribution in [-0.4, -0.2) is 41.9 Å². The van der Waals surface area contributed by atoms with Crippen molar-refractivity contribution in [1.29, 1.82) is 0 Å². The van der Waals surface area contributed by atoms with Crippen LogP contribution < -0.4 is 4.72 Å². The van der Waals surface area contributed by atoms with Gasteiger partial charge in [-0.15, -0.1) is 11.6 Å². The highest BCUT2D eigenvalue weighted by atomic mass is 35.5. The molecule has 0 saturated carbocycles. The van der Waals surface area contributed by atoms with Gasteiger partial charge in [0.05, 0.1) is 17.6 Å². The highest BCUT2D eigenvalue weighted by molar-refractivity contribution is 7.89. The fourth-order valence-electron chi connectivity index (χ4n) is 1.57. The van der Waals surface area contributed by atoms with Crippen LogP contribution in [-0.2, 0) is 25.4 Å². The number of hydrogen-bond acceptors (Lipinski definition) is 4. The molecule has 5 nitrogen and oxygen atoms in total. The molecule has 1 rings (SSSR count). The smallest absolute Gasteiger partial charge is 0.241 e. The number of halogens is 2. The van der Waals surface area contributed by atoms with E-state index < -0.39 is 21.9 Å². The lowest BCUT2D eigenvalue weighted by molar-refractivity contribution is 0.0320. The van der Waals surface area contributed by atoms with Gasteiger partial charge in [0.25, 0.3) is 0 Å². The number of nitrogens with one attached hydrogen (secondary N) is 1. The molecule has 0 radical (unpaired) electrons. The maximum absolute atomic E-state index is 13.2. The fourth-order valence-corrected chi connectivity index (χ4v) is 3.19. The largest absolute Gasteiger partial charge is 0.382 e. The molecule has 0 aromatic heterocycles. The number of rotatable bonds is 8. The summed E-state index contributed by atoms with van der Waals surface area (Å²) in [6, 6.07) is 3.46. The molecular formula is C12H17ClFNO4S. The van der Waals surface area contributed by atoms with Crippen molar-refractivity contribution in [2.45, 2.75) is 16.9 Å². The van der Waals surface area contributed by atoms with Crippen LogP contribution in [0.5, 0.6) is 0 Å². The minimum absolute atomic E-state index is 0.0188. The molecule has 0 fully saturated rings. The van der Waals surface area contributed by atoms with E-state index in [-0.39, 0.29) is 23.9 Å². The molecular weight excluding hydrogens is 309 g/mol. The van der Waals surface area contributed by atoms with Crippen LogP contribution in [0.2, 0.25) is 0 Å². The normalized spacial score (nSPS) is 13.4. The number of hydrogen-bond donors (Lipinski definition) is 1. The van der Waals surface area contributed by atoms with Crippen molar-refractivity contribution in [1.82, 2.24) is 4.72 Å². The average Bonchev–Trinajstić information content (AvgIpc) is 2.43. The Morgan fingerprint density at radius 2 is 2.10 bits per heavy atom. The lowest BCUT2D eigenvalue weighted by atomic mass is 10.2. The van der Waals surface area contributed by atoms with Gasteiger partial charge in [0.2, 0.25) is 10.0 Å². The predicted octanol–water partition coefficient (Wildman–Crippen LogP) is 1.50. The number of methoxy groups -OCH3 is 2. The van der Waals surface area contributed by atoms with Crippen molar-refractivity contribution in [3.05, 3.63) is 29.6 Å². The second-order valence-corrected chi connectivity index (χ2v) is 6.05. The molecule has 0 spiro atoms. The molecule has 1 atom stereocenters. The Labute approximate surface area is 123 Å². The molecule has 0 bridgehead atoms. The SMILES string of the molecule is COCC(CNS(=O)(=O)c1cc(F)ccc1CCl)OC. The van der Waals surface area contributed by atoms with Crippen LogP contribution in [0.1, 0.15) is 5.56 Å². The first-order valence-electron chi connectivity index (χ1n) is 5.80. The Morgan fingerprint density at radius 1 is 1.40 bits per heavy atom. The highest BCUT2D eigenvalue weighted by Crippen LogP contribution is 2.19. The molecule has 0 aliphatic rings. The van der Waals surface area contributed by atoms with E-state index >= 15 is 0 Å². The van der Waals surface area contributed by atoms with Crippen LogP contribution in [0, 0.1) is 5.82 Å². The summed E-state index contributed by atoms with van der Waals surface area (Å²) in [4.78, 5) is -0.167. The van der Waals surface area contributed by atoms with Crippen LogP contribution in [0.25, 0.3) is 0 Å². The summed E-state index contributed by atoms with van der Waals surface area (Å²) in [5.41, 5.74) is 0.335. The van der Waals surface area contributed by atoms with E-state index in [9.17, 15) is 12.8 Å². The molecule has 0 aliphatic heterocycles. The summed E-state index contributed by atoms with van der Waals surface area (Å²) in [7, 11) is -0.925. The van der Waals surface area contributed by atoms with E-state index in [1.807, 2.05) is 0 Å². The monoisotopic (exact) mass is 325 g/mol. The van der Waals surface area contributed by atoms with E-state index in [1.54, 1.807) is 0 Å². The molecule has 1 aromatic rings. The Bertz CT molecular complexity index is 538. The topological polar surface area (TPSA) is 64.6 Å². The maximum Gasteiger partial charge on any atom is 0.241 e. The summed E-state index contributed by atoms with van der Waals surface area (Å²) in [6.07, 6.45) is -0.428. The summed E-state index contributed by atoms with van der Waals surface area (Å²) in [6.45, 7) is 0.259. The predicted molar refractivity (Wildman–Crippen MR) is 73.8 cm³/mol. The van der Waals surface area contributed by atoms with E-state index in [1.165, 1.54) is 26.4 Å². The first kappa shape index (κ1) is 17.3. The highest BCUT2D eigenvalue weighted by Gasteiger charge is 2.20. The first-order valence-corrected chi connectivity index (χ1v) is 7.82. The standard InChI is InChI=1S/C12H17ClFNO4S/c1-18-8-11(19-2)7-15-20(16,17)12-5-10(14)4-3-9(12)6-13/h3-5,11,15H,6-8H2,1-2H3. The Morgan fingerprint density at radius 3 is 2.65 bits per heavy atom.